The highest BCUT2D eigenvalue weighted by atomic mass is 32.2. The third kappa shape index (κ3) is 3.52. The highest BCUT2D eigenvalue weighted by molar-refractivity contribution is 7.89. The van der Waals surface area contributed by atoms with Gasteiger partial charge in [0.15, 0.2) is 0 Å². The molecular weight excluding hydrogens is 269 g/mol. The van der Waals surface area contributed by atoms with Gasteiger partial charge in [0, 0.05) is 19.7 Å². The van der Waals surface area contributed by atoms with E-state index in [1.165, 1.54) is 16.4 Å². The molecule has 0 radical (unpaired) electrons. The molecule has 0 saturated carbocycles. The average molecular weight is 289 g/mol. The predicted octanol–water partition coefficient (Wildman–Crippen LogP) is 1.84. The number of halogens is 1. The molecule has 0 saturated heterocycles. The van der Waals surface area contributed by atoms with Crippen LogP contribution in [-0.2, 0) is 10.0 Å². The van der Waals surface area contributed by atoms with Gasteiger partial charge in [0.05, 0.1) is 4.90 Å². The fourth-order valence-electron chi connectivity index (χ4n) is 2.13. The lowest BCUT2D eigenvalue weighted by Crippen LogP contribution is -2.33. The number of sulfonamides is 1. The summed E-state index contributed by atoms with van der Waals surface area (Å²) in [6.07, 6.45) is 0.381. The number of hydrogen-bond donors (Lipinski definition) is 1. The molecule has 1 aromatic rings. The molecular formula is C13H20FNO3S. The summed E-state index contributed by atoms with van der Waals surface area (Å²) in [5.41, 5.74) is 0.805. The Bertz CT molecular complexity index is 520. The van der Waals surface area contributed by atoms with Crippen LogP contribution >= 0.6 is 0 Å². The Morgan fingerprint density at radius 1 is 1.26 bits per heavy atom. The number of aliphatic hydroxyl groups is 1. The Labute approximate surface area is 113 Å². The van der Waals surface area contributed by atoms with E-state index in [1.54, 1.807) is 20.8 Å². The maximum atomic E-state index is 13.2. The average Bonchev–Trinajstić information content (AvgIpc) is 2.27. The lowest BCUT2D eigenvalue weighted by molar-refractivity contribution is 0.271. The van der Waals surface area contributed by atoms with Crippen molar-refractivity contribution in [2.24, 2.45) is 0 Å². The van der Waals surface area contributed by atoms with Gasteiger partial charge in [-0.2, -0.15) is 4.31 Å². The van der Waals surface area contributed by atoms with E-state index in [0.29, 0.717) is 24.1 Å². The molecule has 0 heterocycles. The molecule has 6 heteroatoms. The zero-order chi connectivity index (χ0) is 14.6. The van der Waals surface area contributed by atoms with Gasteiger partial charge in [0.2, 0.25) is 10.0 Å². The van der Waals surface area contributed by atoms with Gasteiger partial charge in [-0.15, -0.1) is 0 Å². The summed E-state index contributed by atoms with van der Waals surface area (Å²) in [7, 11) is -3.65. The Hall–Kier alpha value is -0.980. The molecule has 0 fully saturated rings. The zero-order valence-electron chi connectivity index (χ0n) is 11.5. The second-order valence-corrected chi connectivity index (χ2v) is 6.32. The van der Waals surface area contributed by atoms with Crippen LogP contribution in [0.5, 0.6) is 0 Å². The standard InChI is InChI=1S/C13H20FNO3S/c1-4-15(6-5-7-16)19(17,18)13-10(2)8-12(14)9-11(13)3/h8-9,16H,4-7H2,1-3H3. The smallest absolute Gasteiger partial charge is 0.243 e. The Morgan fingerprint density at radius 2 is 1.79 bits per heavy atom. The van der Waals surface area contributed by atoms with Gasteiger partial charge < -0.3 is 5.11 Å². The van der Waals surface area contributed by atoms with E-state index in [2.05, 4.69) is 0 Å². The monoisotopic (exact) mass is 289 g/mol. The summed E-state index contributed by atoms with van der Waals surface area (Å²) < 4.78 is 39.6. The molecule has 0 amide bonds. The molecule has 0 aliphatic rings. The third-order valence-corrected chi connectivity index (χ3v) is 5.22. The number of benzene rings is 1. The van der Waals surface area contributed by atoms with Crippen LogP contribution in [0.2, 0.25) is 0 Å². The maximum Gasteiger partial charge on any atom is 0.243 e. The lowest BCUT2D eigenvalue weighted by atomic mass is 10.1. The van der Waals surface area contributed by atoms with Crippen molar-refractivity contribution in [1.29, 1.82) is 0 Å². The van der Waals surface area contributed by atoms with Gasteiger partial charge in [-0.05, 0) is 43.5 Å². The normalized spacial score (nSPS) is 12.1. The van der Waals surface area contributed by atoms with Gasteiger partial charge in [0.1, 0.15) is 5.82 Å². The van der Waals surface area contributed by atoms with Crippen molar-refractivity contribution in [3.8, 4) is 0 Å². The second kappa shape index (κ2) is 6.45. The SMILES string of the molecule is CCN(CCCO)S(=O)(=O)c1c(C)cc(F)cc1C. The van der Waals surface area contributed by atoms with Gasteiger partial charge in [0.25, 0.3) is 0 Å². The molecule has 4 nitrogen and oxygen atoms in total. The van der Waals surface area contributed by atoms with E-state index in [1.807, 2.05) is 0 Å². The number of aliphatic hydroxyl groups excluding tert-OH is 1. The minimum Gasteiger partial charge on any atom is -0.396 e. The molecule has 0 aromatic heterocycles. The van der Waals surface area contributed by atoms with Crippen molar-refractivity contribution in [1.82, 2.24) is 4.31 Å². The molecule has 0 aliphatic heterocycles. The van der Waals surface area contributed by atoms with Crippen molar-refractivity contribution in [3.05, 3.63) is 29.1 Å². The Morgan fingerprint density at radius 3 is 2.21 bits per heavy atom. The fraction of sp³-hybridized carbons (Fsp3) is 0.538. The molecule has 19 heavy (non-hydrogen) atoms. The quantitative estimate of drug-likeness (QED) is 0.869. The van der Waals surface area contributed by atoms with Crippen molar-refractivity contribution in [2.75, 3.05) is 19.7 Å². The van der Waals surface area contributed by atoms with Gasteiger partial charge >= 0.3 is 0 Å². The van der Waals surface area contributed by atoms with Crippen LogP contribution in [0.1, 0.15) is 24.5 Å². The van der Waals surface area contributed by atoms with Crippen LogP contribution in [-0.4, -0.2) is 37.5 Å². The first kappa shape index (κ1) is 16.1. The first-order chi connectivity index (χ1) is 8.84. The van der Waals surface area contributed by atoms with Crippen molar-refractivity contribution < 1.29 is 17.9 Å². The Kier molecular flexibility index (Phi) is 5.46. The van der Waals surface area contributed by atoms with E-state index in [4.69, 9.17) is 5.11 Å². The van der Waals surface area contributed by atoms with E-state index < -0.39 is 15.8 Å². The van der Waals surface area contributed by atoms with E-state index >= 15 is 0 Å². The molecule has 0 spiro atoms. The van der Waals surface area contributed by atoms with Crippen LogP contribution in [0.4, 0.5) is 4.39 Å². The summed E-state index contributed by atoms with van der Waals surface area (Å²) in [5.74, 6) is -0.438. The number of aryl methyl sites for hydroxylation is 2. The van der Waals surface area contributed by atoms with Crippen LogP contribution in [0, 0.1) is 19.7 Å². The molecule has 0 aliphatic carbocycles. The van der Waals surface area contributed by atoms with E-state index in [9.17, 15) is 12.8 Å². The van der Waals surface area contributed by atoms with Gasteiger partial charge in [-0.1, -0.05) is 6.92 Å². The van der Waals surface area contributed by atoms with Gasteiger partial charge in [-0.25, -0.2) is 12.8 Å². The van der Waals surface area contributed by atoms with Gasteiger partial charge in [-0.3, -0.25) is 0 Å². The molecule has 1 N–H and O–H groups in total. The summed E-state index contributed by atoms with van der Waals surface area (Å²) in [4.78, 5) is 0.161. The van der Waals surface area contributed by atoms with Crippen molar-refractivity contribution in [3.63, 3.8) is 0 Å². The summed E-state index contributed by atoms with van der Waals surface area (Å²) in [6.45, 7) is 5.42. The predicted molar refractivity (Wildman–Crippen MR) is 72.0 cm³/mol. The number of hydrogen-bond acceptors (Lipinski definition) is 3. The topological polar surface area (TPSA) is 57.6 Å². The molecule has 1 aromatic carbocycles. The fourth-order valence-corrected chi connectivity index (χ4v) is 4.03. The molecule has 108 valence electrons. The zero-order valence-corrected chi connectivity index (χ0v) is 12.3. The lowest BCUT2D eigenvalue weighted by Gasteiger charge is -2.22. The second-order valence-electron chi connectivity index (χ2n) is 4.44. The number of nitrogens with zero attached hydrogens (tertiary/aromatic N) is 1. The molecule has 0 bridgehead atoms. The van der Waals surface area contributed by atoms with Crippen molar-refractivity contribution >= 4 is 10.0 Å². The van der Waals surface area contributed by atoms with E-state index in [0.717, 1.165) is 0 Å². The highest BCUT2D eigenvalue weighted by Gasteiger charge is 2.26. The number of rotatable bonds is 6. The summed E-state index contributed by atoms with van der Waals surface area (Å²) >= 11 is 0. The van der Waals surface area contributed by atoms with Crippen LogP contribution in [0.3, 0.4) is 0 Å². The van der Waals surface area contributed by atoms with Crippen molar-refractivity contribution in [2.45, 2.75) is 32.1 Å². The van der Waals surface area contributed by atoms with Crippen LogP contribution in [0.15, 0.2) is 17.0 Å². The first-order valence-electron chi connectivity index (χ1n) is 6.22. The highest BCUT2D eigenvalue weighted by Crippen LogP contribution is 2.24. The molecule has 0 atom stereocenters. The largest absolute Gasteiger partial charge is 0.396 e. The minimum atomic E-state index is -3.65. The minimum absolute atomic E-state index is 0.0621. The van der Waals surface area contributed by atoms with Crippen LogP contribution in [0.25, 0.3) is 0 Å². The third-order valence-electron chi connectivity index (χ3n) is 2.94. The maximum absolute atomic E-state index is 13.2. The molecule has 0 unspecified atom stereocenters. The first-order valence-corrected chi connectivity index (χ1v) is 7.66. The van der Waals surface area contributed by atoms with E-state index in [-0.39, 0.29) is 18.0 Å². The van der Waals surface area contributed by atoms with Crippen LogP contribution < -0.4 is 0 Å². The summed E-state index contributed by atoms with van der Waals surface area (Å²) in [6, 6.07) is 2.44. The Balaban J connectivity index is 3.26. The molecule has 1 rings (SSSR count). The summed E-state index contributed by atoms with van der Waals surface area (Å²) in [5, 5.41) is 8.82.